The van der Waals surface area contributed by atoms with Crippen LogP contribution in [0.3, 0.4) is 0 Å². The third-order valence-corrected chi connectivity index (χ3v) is 3.54. The van der Waals surface area contributed by atoms with Gasteiger partial charge in [-0.3, -0.25) is 4.79 Å². The molecule has 0 bridgehead atoms. The van der Waals surface area contributed by atoms with Crippen LogP contribution in [0.15, 0.2) is 35.2 Å². The van der Waals surface area contributed by atoms with E-state index in [0.29, 0.717) is 17.2 Å². The van der Waals surface area contributed by atoms with Crippen molar-refractivity contribution in [2.75, 3.05) is 0 Å². The van der Waals surface area contributed by atoms with Gasteiger partial charge in [0.1, 0.15) is 11.4 Å². The van der Waals surface area contributed by atoms with Crippen LogP contribution in [0.1, 0.15) is 20.3 Å². The molecule has 10 heteroatoms. The number of alkyl halides is 3. The Labute approximate surface area is 140 Å². The zero-order valence-corrected chi connectivity index (χ0v) is 13.9. The van der Waals surface area contributed by atoms with E-state index in [1.54, 1.807) is 24.3 Å². The first-order valence-electron chi connectivity index (χ1n) is 6.78. The molecule has 0 aromatic heterocycles. The summed E-state index contributed by atoms with van der Waals surface area (Å²) in [7, 11) is 0. The molecular formula is C14H19F3N2O4S. The Morgan fingerprint density at radius 2 is 1.75 bits per heavy atom. The average molecular weight is 368 g/mol. The second-order valence-corrected chi connectivity index (χ2v) is 6.30. The molecule has 24 heavy (non-hydrogen) atoms. The van der Waals surface area contributed by atoms with Crippen LogP contribution in [0.5, 0.6) is 0 Å². The van der Waals surface area contributed by atoms with Crippen molar-refractivity contribution in [2.45, 2.75) is 37.4 Å². The van der Waals surface area contributed by atoms with Gasteiger partial charge in [-0.2, -0.15) is 17.9 Å². The Morgan fingerprint density at radius 1 is 1.29 bits per heavy atom. The summed E-state index contributed by atoms with van der Waals surface area (Å²) in [6.07, 6.45) is -4.50. The zero-order valence-electron chi connectivity index (χ0n) is 13.0. The number of aliphatic carboxylic acids is 1. The van der Waals surface area contributed by atoms with Gasteiger partial charge in [0.2, 0.25) is 0 Å². The van der Waals surface area contributed by atoms with Crippen molar-refractivity contribution in [3.8, 4) is 0 Å². The number of benzene rings is 1. The summed E-state index contributed by atoms with van der Waals surface area (Å²) in [4.78, 5) is 21.1. The first kappa shape index (κ1) is 22.2. The van der Waals surface area contributed by atoms with Gasteiger partial charge in [0.15, 0.2) is 4.90 Å². The standard InChI is InChI=1S/C12H18N2O2S.C2HF3O2/c1-9(2)8-11(13)12(15)14-17(16)10-6-4-3-5-7-10;3-2(4,5)1(6)7/h3-7,9,11H,8,13H2,1-2H3,(H,14,15);(H,6,7). The van der Waals surface area contributed by atoms with E-state index in [0.717, 1.165) is 0 Å². The Morgan fingerprint density at radius 3 is 2.12 bits per heavy atom. The van der Waals surface area contributed by atoms with Crippen LogP contribution in [0.4, 0.5) is 13.2 Å². The Balaban J connectivity index is 0.000000640. The predicted molar refractivity (Wildman–Crippen MR) is 82.1 cm³/mol. The number of hydrogen-bond acceptors (Lipinski definition) is 4. The van der Waals surface area contributed by atoms with Gasteiger partial charge in [0.25, 0.3) is 5.91 Å². The number of rotatable bonds is 5. The number of carbonyl (C=O) groups excluding carboxylic acids is 1. The van der Waals surface area contributed by atoms with Crippen molar-refractivity contribution in [3.05, 3.63) is 30.3 Å². The fraction of sp³-hybridized carbons (Fsp3) is 0.429. The van der Waals surface area contributed by atoms with Gasteiger partial charge < -0.3 is 15.4 Å². The normalized spacial score (nSPS) is 13.5. The molecule has 0 aliphatic heterocycles. The van der Waals surface area contributed by atoms with Crippen molar-refractivity contribution < 1.29 is 32.4 Å². The van der Waals surface area contributed by atoms with E-state index in [4.69, 9.17) is 15.6 Å². The molecule has 1 rings (SSSR count). The van der Waals surface area contributed by atoms with E-state index >= 15 is 0 Å². The third kappa shape index (κ3) is 9.38. The number of amides is 1. The van der Waals surface area contributed by atoms with Crippen molar-refractivity contribution in [1.29, 1.82) is 0 Å². The van der Waals surface area contributed by atoms with E-state index < -0.39 is 29.5 Å². The summed E-state index contributed by atoms with van der Waals surface area (Å²) in [5.41, 5.74) is 5.70. The van der Waals surface area contributed by atoms with E-state index in [-0.39, 0.29) is 5.91 Å². The Hall–Kier alpha value is -1.78. The van der Waals surface area contributed by atoms with Crippen molar-refractivity contribution in [3.63, 3.8) is 0 Å². The molecule has 0 spiro atoms. The quantitative estimate of drug-likeness (QED) is 0.686. The van der Waals surface area contributed by atoms with E-state index in [2.05, 4.69) is 4.72 Å². The lowest BCUT2D eigenvalue weighted by molar-refractivity contribution is -0.192. The summed E-state index contributed by atoms with van der Waals surface area (Å²) in [5.74, 6) is -2.80. The number of nitrogens with one attached hydrogen (secondary N) is 1. The molecule has 2 unspecified atom stereocenters. The zero-order chi connectivity index (χ0) is 18.9. The molecular weight excluding hydrogens is 349 g/mol. The molecule has 1 amide bonds. The first-order chi connectivity index (χ1) is 10.9. The minimum atomic E-state index is -5.08. The second-order valence-electron chi connectivity index (χ2n) is 5.09. The van der Waals surface area contributed by atoms with Crippen LogP contribution in [0.25, 0.3) is 0 Å². The van der Waals surface area contributed by atoms with Crippen molar-refractivity contribution in [2.24, 2.45) is 11.7 Å². The highest BCUT2D eigenvalue weighted by molar-refractivity contribution is 7.90. The number of carboxylic acid groups (broad SMARTS) is 1. The van der Waals surface area contributed by atoms with Gasteiger partial charge in [-0.05, 0) is 24.5 Å². The van der Waals surface area contributed by atoms with Gasteiger partial charge in [0, 0.05) is 0 Å². The minimum Gasteiger partial charge on any atom is -0.588 e. The molecule has 136 valence electrons. The molecule has 0 saturated carbocycles. The molecule has 0 aliphatic carbocycles. The maximum atomic E-state index is 11.8. The number of carboxylic acids is 1. The molecule has 0 aliphatic rings. The number of hydrogen-bond donors (Lipinski definition) is 3. The highest BCUT2D eigenvalue weighted by atomic mass is 32.2. The molecule has 0 fully saturated rings. The summed E-state index contributed by atoms with van der Waals surface area (Å²) < 4.78 is 45.9. The number of nitrogens with two attached hydrogens (primary N) is 1. The van der Waals surface area contributed by atoms with Crippen LogP contribution in [-0.4, -0.2) is 33.8 Å². The van der Waals surface area contributed by atoms with Gasteiger partial charge >= 0.3 is 12.1 Å². The summed E-state index contributed by atoms with van der Waals surface area (Å²) in [6.45, 7) is 3.97. The fourth-order valence-electron chi connectivity index (χ4n) is 1.38. The Bertz CT molecular complexity index is 527. The van der Waals surface area contributed by atoms with Gasteiger partial charge in [-0.15, -0.1) is 0 Å². The SMILES string of the molecule is CC(C)CC(N)C(=O)N[S+]([O-])c1ccccc1.O=C(O)C(F)(F)F. The van der Waals surface area contributed by atoms with Gasteiger partial charge in [-0.25, -0.2) is 4.79 Å². The van der Waals surface area contributed by atoms with Gasteiger partial charge in [-0.1, -0.05) is 32.0 Å². The second kappa shape index (κ2) is 10.2. The lowest BCUT2D eigenvalue weighted by Crippen LogP contribution is -2.43. The highest BCUT2D eigenvalue weighted by Gasteiger charge is 2.38. The average Bonchev–Trinajstić information content (AvgIpc) is 2.47. The van der Waals surface area contributed by atoms with Crippen LogP contribution in [0.2, 0.25) is 0 Å². The topological polar surface area (TPSA) is 115 Å². The van der Waals surface area contributed by atoms with Crippen LogP contribution in [-0.2, 0) is 21.0 Å². The minimum absolute atomic E-state index is 0.334. The lowest BCUT2D eigenvalue weighted by Gasteiger charge is -2.15. The maximum Gasteiger partial charge on any atom is 0.490 e. The van der Waals surface area contributed by atoms with Gasteiger partial charge in [0.05, 0.1) is 6.04 Å². The van der Waals surface area contributed by atoms with E-state index in [1.165, 1.54) is 0 Å². The molecule has 0 radical (unpaired) electrons. The van der Waals surface area contributed by atoms with Crippen molar-refractivity contribution in [1.82, 2.24) is 4.72 Å². The molecule has 6 nitrogen and oxygen atoms in total. The summed E-state index contributed by atoms with van der Waals surface area (Å²) in [5, 5.41) is 7.12. The molecule has 2 atom stereocenters. The molecule has 0 heterocycles. The highest BCUT2D eigenvalue weighted by Crippen LogP contribution is 2.13. The van der Waals surface area contributed by atoms with Crippen molar-refractivity contribution >= 4 is 23.2 Å². The first-order valence-corrected chi connectivity index (χ1v) is 7.93. The molecule has 1 aromatic rings. The smallest absolute Gasteiger partial charge is 0.490 e. The molecule has 4 N–H and O–H groups in total. The van der Waals surface area contributed by atoms with Crippen LogP contribution < -0.4 is 10.5 Å². The third-order valence-electron chi connectivity index (χ3n) is 2.46. The fourth-order valence-corrected chi connectivity index (χ4v) is 2.24. The summed E-state index contributed by atoms with van der Waals surface area (Å²) in [6, 6.07) is 8.16. The number of halogens is 3. The molecule has 0 saturated heterocycles. The summed E-state index contributed by atoms with van der Waals surface area (Å²) >= 11 is -1.53. The Kier molecular flexibility index (Phi) is 9.41. The van der Waals surface area contributed by atoms with Crippen LogP contribution >= 0.6 is 0 Å². The van der Waals surface area contributed by atoms with Crippen LogP contribution in [0, 0.1) is 5.92 Å². The number of carbonyl (C=O) groups is 2. The monoisotopic (exact) mass is 368 g/mol. The molecule has 1 aromatic carbocycles. The largest absolute Gasteiger partial charge is 0.588 e. The van der Waals surface area contributed by atoms with E-state index in [9.17, 15) is 22.5 Å². The maximum absolute atomic E-state index is 11.8. The van der Waals surface area contributed by atoms with E-state index in [1.807, 2.05) is 19.9 Å². The predicted octanol–water partition coefficient (Wildman–Crippen LogP) is 1.83. The lowest BCUT2D eigenvalue weighted by atomic mass is 10.0.